The summed E-state index contributed by atoms with van der Waals surface area (Å²) in [6, 6.07) is 14.4. The van der Waals surface area contributed by atoms with Gasteiger partial charge in [0, 0.05) is 5.39 Å². The van der Waals surface area contributed by atoms with Crippen molar-refractivity contribution in [2.24, 2.45) is 5.73 Å². The van der Waals surface area contributed by atoms with E-state index in [0.29, 0.717) is 0 Å². The van der Waals surface area contributed by atoms with Crippen LogP contribution in [0.25, 0.3) is 11.0 Å². The first-order valence-corrected chi connectivity index (χ1v) is 6.87. The summed E-state index contributed by atoms with van der Waals surface area (Å²) in [6.45, 7) is 6.23. The van der Waals surface area contributed by atoms with Crippen molar-refractivity contribution in [2.45, 2.75) is 26.8 Å². The van der Waals surface area contributed by atoms with E-state index in [2.05, 4.69) is 51.1 Å². The number of hydrogen-bond acceptors (Lipinski definition) is 2. The Bertz CT molecular complexity index is 750. The van der Waals surface area contributed by atoms with Crippen molar-refractivity contribution in [1.82, 2.24) is 0 Å². The quantitative estimate of drug-likeness (QED) is 0.745. The van der Waals surface area contributed by atoms with E-state index in [9.17, 15) is 0 Å². The summed E-state index contributed by atoms with van der Waals surface area (Å²) >= 11 is 0. The summed E-state index contributed by atoms with van der Waals surface area (Å²) in [5.41, 5.74) is 12.0. The van der Waals surface area contributed by atoms with E-state index in [4.69, 9.17) is 10.2 Å². The molecule has 102 valence electrons. The third-order valence-corrected chi connectivity index (χ3v) is 3.67. The Morgan fingerprint density at radius 3 is 2.30 bits per heavy atom. The van der Waals surface area contributed by atoms with Gasteiger partial charge in [0.2, 0.25) is 0 Å². The maximum atomic E-state index is 6.37. The van der Waals surface area contributed by atoms with Crippen molar-refractivity contribution < 1.29 is 4.42 Å². The topological polar surface area (TPSA) is 39.2 Å². The molecule has 0 aliphatic heterocycles. The van der Waals surface area contributed by atoms with Gasteiger partial charge in [0.15, 0.2) is 0 Å². The van der Waals surface area contributed by atoms with Gasteiger partial charge in [-0.2, -0.15) is 0 Å². The lowest BCUT2D eigenvalue weighted by molar-refractivity contribution is 0.523. The van der Waals surface area contributed by atoms with E-state index >= 15 is 0 Å². The Morgan fingerprint density at radius 2 is 1.65 bits per heavy atom. The molecule has 2 heteroatoms. The van der Waals surface area contributed by atoms with Crippen molar-refractivity contribution in [1.29, 1.82) is 0 Å². The molecule has 1 atom stereocenters. The van der Waals surface area contributed by atoms with Crippen molar-refractivity contribution in [3.63, 3.8) is 0 Å². The highest BCUT2D eigenvalue weighted by molar-refractivity contribution is 5.81. The highest BCUT2D eigenvalue weighted by atomic mass is 16.3. The number of aryl methyl sites for hydroxylation is 3. The second-order valence-electron chi connectivity index (χ2n) is 5.54. The van der Waals surface area contributed by atoms with Crippen LogP contribution in [-0.4, -0.2) is 0 Å². The fraction of sp³-hybridized carbons (Fsp3) is 0.222. The molecule has 0 saturated carbocycles. The second-order valence-corrected chi connectivity index (χ2v) is 5.54. The molecule has 20 heavy (non-hydrogen) atoms. The molecule has 1 heterocycles. The number of hydrogen-bond donors (Lipinski definition) is 1. The average molecular weight is 265 g/mol. The lowest BCUT2D eigenvalue weighted by Crippen LogP contribution is -2.11. The number of para-hydroxylation sites is 1. The Hall–Kier alpha value is -2.06. The maximum absolute atomic E-state index is 6.37. The van der Waals surface area contributed by atoms with Gasteiger partial charge in [0.05, 0.1) is 6.04 Å². The molecular weight excluding hydrogens is 246 g/mol. The SMILES string of the molecule is Cc1cc(C)cc(C(N)c2cc3cccc(C)c3o2)c1. The zero-order chi connectivity index (χ0) is 14.3. The Morgan fingerprint density at radius 1 is 0.950 bits per heavy atom. The summed E-state index contributed by atoms with van der Waals surface area (Å²) in [7, 11) is 0. The van der Waals surface area contributed by atoms with Crippen LogP contribution in [0.5, 0.6) is 0 Å². The molecule has 0 amide bonds. The van der Waals surface area contributed by atoms with Crippen LogP contribution in [0.4, 0.5) is 0 Å². The van der Waals surface area contributed by atoms with Gasteiger partial charge in [0.25, 0.3) is 0 Å². The number of fused-ring (bicyclic) bond motifs is 1. The van der Waals surface area contributed by atoms with Crippen LogP contribution < -0.4 is 5.73 Å². The third kappa shape index (κ3) is 2.23. The van der Waals surface area contributed by atoms with Gasteiger partial charge in [-0.1, -0.05) is 47.5 Å². The van der Waals surface area contributed by atoms with Crippen LogP contribution >= 0.6 is 0 Å². The summed E-state index contributed by atoms with van der Waals surface area (Å²) in [4.78, 5) is 0. The molecule has 1 unspecified atom stereocenters. The third-order valence-electron chi connectivity index (χ3n) is 3.67. The fourth-order valence-electron chi connectivity index (χ4n) is 2.74. The van der Waals surface area contributed by atoms with Gasteiger partial charge in [-0.3, -0.25) is 0 Å². The van der Waals surface area contributed by atoms with E-state index in [0.717, 1.165) is 27.9 Å². The monoisotopic (exact) mass is 265 g/mol. The van der Waals surface area contributed by atoms with Crippen molar-refractivity contribution in [3.8, 4) is 0 Å². The highest BCUT2D eigenvalue weighted by Crippen LogP contribution is 2.29. The predicted octanol–water partition coefficient (Wildman–Crippen LogP) is 4.41. The van der Waals surface area contributed by atoms with Gasteiger partial charge < -0.3 is 10.2 Å². The Balaban J connectivity index is 2.07. The van der Waals surface area contributed by atoms with E-state index in [1.165, 1.54) is 11.1 Å². The fourth-order valence-corrected chi connectivity index (χ4v) is 2.74. The number of benzene rings is 2. The predicted molar refractivity (Wildman–Crippen MR) is 82.9 cm³/mol. The highest BCUT2D eigenvalue weighted by Gasteiger charge is 2.15. The largest absolute Gasteiger partial charge is 0.459 e. The molecule has 0 spiro atoms. The van der Waals surface area contributed by atoms with Gasteiger partial charge in [0.1, 0.15) is 11.3 Å². The van der Waals surface area contributed by atoms with Crippen LogP contribution in [0.2, 0.25) is 0 Å². The molecule has 0 aliphatic rings. The van der Waals surface area contributed by atoms with E-state index in [1.54, 1.807) is 0 Å². The number of rotatable bonds is 2. The molecule has 3 rings (SSSR count). The van der Waals surface area contributed by atoms with Gasteiger partial charge in [-0.15, -0.1) is 0 Å². The van der Waals surface area contributed by atoms with E-state index in [1.807, 2.05) is 12.1 Å². The minimum Gasteiger partial charge on any atom is -0.459 e. The summed E-state index contributed by atoms with van der Waals surface area (Å²) in [5.74, 6) is 0.819. The van der Waals surface area contributed by atoms with Crippen LogP contribution in [-0.2, 0) is 0 Å². The molecule has 0 fully saturated rings. The number of furan rings is 1. The first kappa shape index (κ1) is 12.9. The maximum Gasteiger partial charge on any atom is 0.137 e. The Labute approximate surface area is 119 Å². The minimum atomic E-state index is -0.222. The second kappa shape index (κ2) is 4.80. The lowest BCUT2D eigenvalue weighted by atomic mass is 10.0. The molecule has 3 aromatic rings. The van der Waals surface area contributed by atoms with Crippen LogP contribution in [0.1, 0.15) is 34.1 Å². The van der Waals surface area contributed by atoms with Crippen LogP contribution in [0, 0.1) is 20.8 Å². The number of nitrogens with two attached hydrogens (primary N) is 1. The lowest BCUT2D eigenvalue weighted by Gasteiger charge is -2.11. The normalized spacial score (nSPS) is 12.8. The summed E-state index contributed by atoms with van der Waals surface area (Å²) in [6.07, 6.45) is 0. The Kier molecular flexibility index (Phi) is 3.11. The molecule has 0 aliphatic carbocycles. The average Bonchev–Trinajstić information content (AvgIpc) is 2.82. The zero-order valence-electron chi connectivity index (χ0n) is 12.1. The standard InChI is InChI=1S/C18H19NO/c1-11-7-12(2)9-15(8-11)17(19)16-10-14-6-4-5-13(3)18(14)20-16/h4-10,17H,19H2,1-3H3. The first-order chi connectivity index (χ1) is 9.54. The molecule has 1 aromatic heterocycles. The molecule has 2 N–H and O–H groups in total. The molecule has 2 nitrogen and oxygen atoms in total. The molecule has 2 aromatic carbocycles. The van der Waals surface area contributed by atoms with Crippen molar-refractivity contribution in [3.05, 3.63) is 70.5 Å². The van der Waals surface area contributed by atoms with Gasteiger partial charge in [-0.05, 0) is 38.0 Å². The van der Waals surface area contributed by atoms with Crippen LogP contribution in [0.3, 0.4) is 0 Å². The smallest absolute Gasteiger partial charge is 0.137 e. The van der Waals surface area contributed by atoms with Gasteiger partial charge in [-0.25, -0.2) is 0 Å². The molecule has 0 bridgehead atoms. The summed E-state index contributed by atoms with van der Waals surface area (Å²) in [5, 5.41) is 1.11. The zero-order valence-corrected chi connectivity index (χ0v) is 12.1. The van der Waals surface area contributed by atoms with Crippen molar-refractivity contribution >= 4 is 11.0 Å². The summed E-state index contributed by atoms with van der Waals surface area (Å²) < 4.78 is 5.97. The molecular formula is C18H19NO. The van der Waals surface area contributed by atoms with E-state index < -0.39 is 0 Å². The van der Waals surface area contributed by atoms with E-state index in [-0.39, 0.29) is 6.04 Å². The minimum absolute atomic E-state index is 0.222. The van der Waals surface area contributed by atoms with Crippen LogP contribution in [0.15, 0.2) is 46.9 Å². The molecule has 0 saturated heterocycles. The first-order valence-electron chi connectivity index (χ1n) is 6.87. The van der Waals surface area contributed by atoms with Crippen molar-refractivity contribution in [2.75, 3.05) is 0 Å². The van der Waals surface area contributed by atoms with Gasteiger partial charge >= 0.3 is 0 Å². The molecule has 0 radical (unpaired) electrons.